The number of carboxylic acids is 2. The highest BCUT2D eigenvalue weighted by molar-refractivity contribution is 5.81. The van der Waals surface area contributed by atoms with Crippen molar-refractivity contribution < 1.29 is 19.8 Å². The van der Waals surface area contributed by atoms with Crippen molar-refractivity contribution in [2.75, 3.05) is 0 Å². The normalized spacial score (nSPS) is 30.1. The predicted molar refractivity (Wildman–Crippen MR) is 50.0 cm³/mol. The van der Waals surface area contributed by atoms with Gasteiger partial charge in [0, 0.05) is 0 Å². The van der Waals surface area contributed by atoms with E-state index >= 15 is 0 Å². The Morgan fingerprint density at radius 2 is 1.79 bits per heavy atom. The molecule has 4 nitrogen and oxygen atoms in total. The molecule has 0 amide bonds. The quantitative estimate of drug-likeness (QED) is 0.727. The third-order valence-electron chi connectivity index (χ3n) is 3.04. The largest absolute Gasteiger partial charge is 0.481 e. The highest BCUT2D eigenvalue weighted by Crippen LogP contribution is 2.51. The first kappa shape index (κ1) is 11.0. The van der Waals surface area contributed by atoms with Gasteiger partial charge in [-0.05, 0) is 24.7 Å². The lowest BCUT2D eigenvalue weighted by Crippen LogP contribution is -2.31. The van der Waals surface area contributed by atoms with Gasteiger partial charge in [0.05, 0.1) is 11.8 Å². The molecule has 0 spiro atoms. The number of aliphatic carboxylic acids is 2. The van der Waals surface area contributed by atoms with Crippen LogP contribution in [0.4, 0.5) is 0 Å². The molecule has 1 rings (SSSR count). The second-order valence-electron chi connectivity index (χ2n) is 5.00. The van der Waals surface area contributed by atoms with Crippen LogP contribution in [0.2, 0.25) is 0 Å². The van der Waals surface area contributed by atoms with E-state index in [1.807, 2.05) is 13.8 Å². The van der Waals surface area contributed by atoms with Crippen molar-refractivity contribution in [3.8, 4) is 0 Å². The highest BCUT2D eigenvalue weighted by atomic mass is 16.4. The highest BCUT2D eigenvalue weighted by Gasteiger charge is 2.49. The average Bonchev–Trinajstić information content (AvgIpc) is 2.26. The molecule has 14 heavy (non-hydrogen) atoms. The van der Waals surface area contributed by atoms with Gasteiger partial charge >= 0.3 is 11.9 Å². The summed E-state index contributed by atoms with van der Waals surface area (Å²) in [5, 5.41) is 17.8. The van der Waals surface area contributed by atoms with Crippen LogP contribution in [0.25, 0.3) is 0 Å². The summed E-state index contributed by atoms with van der Waals surface area (Å²) in [6.07, 6.45) is 1.46. The molecule has 1 aliphatic carbocycles. The van der Waals surface area contributed by atoms with Crippen LogP contribution < -0.4 is 0 Å². The predicted octanol–water partition coefficient (Wildman–Crippen LogP) is 1.74. The Labute approximate surface area is 82.9 Å². The SMILES string of the molecule is CC1(C)CCC(CC(=O)O)(C(=O)O)C1. The van der Waals surface area contributed by atoms with Crippen molar-refractivity contribution in [3.05, 3.63) is 0 Å². The molecule has 1 unspecified atom stereocenters. The van der Waals surface area contributed by atoms with Gasteiger partial charge in [-0.15, -0.1) is 0 Å². The van der Waals surface area contributed by atoms with Gasteiger partial charge < -0.3 is 10.2 Å². The standard InChI is InChI=1S/C10H16O4/c1-9(2)3-4-10(6-9,8(13)14)5-7(11)12/h3-6H2,1-2H3,(H,11,12)(H,13,14). The van der Waals surface area contributed by atoms with Gasteiger partial charge in [0.15, 0.2) is 0 Å². The lowest BCUT2D eigenvalue weighted by Gasteiger charge is -2.24. The Balaban J connectivity index is 2.86. The molecule has 1 aliphatic rings. The molecular weight excluding hydrogens is 184 g/mol. The van der Waals surface area contributed by atoms with Crippen LogP contribution in [0, 0.1) is 10.8 Å². The smallest absolute Gasteiger partial charge is 0.310 e. The van der Waals surface area contributed by atoms with Crippen LogP contribution in [-0.4, -0.2) is 22.2 Å². The molecule has 0 radical (unpaired) electrons. The van der Waals surface area contributed by atoms with Gasteiger partial charge in [-0.3, -0.25) is 9.59 Å². The lowest BCUT2D eigenvalue weighted by atomic mass is 9.79. The fourth-order valence-electron chi connectivity index (χ4n) is 2.37. The van der Waals surface area contributed by atoms with Crippen molar-refractivity contribution in [2.45, 2.75) is 39.5 Å². The first-order valence-corrected chi connectivity index (χ1v) is 4.73. The molecule has 0 aromatic rings. The van der Waals surface area contributed by atoms with Crippen LogP contribution >= 0.6 is 0 Å². The molecule has 0 aliphatic heterocycles. The molecular formula is C10H16O4. The second-order valence-corrected chi connectivity index (χ2v) is 5.00. The lowest BCUT2D eigenvalue weighted by molar-refractivity contribution is -0.155. The molecule has 2 N–H and O–H groups in total. The molecule has 1 fully saturated rings. The van der Waals surface area contributed by atoms with Crippen molar-refractivity contribution in [1.82, 2.24) is 0 Å². The summed E-state index contributed by atoms with van der Waals surface area (Å²) >= 11 is 0. The van der Waals surface area contributed by atoms with E-state index < -0.39 is 17.4 Å². The molecule has 1 atom stereocenters. The summed E-state index contributed by atoms with van der Waals surface area (Å²) < 4.78 is 0. The minimum Gasteiger partial charge on any atom is -0.481 e. The number of hydrogen-bond acceptors (Lipinski definition) is 2. The van der Waals surface area contributed by atoms with Crippen LogP contribution in [0.15, 0.2) is 0 Å². The number of hydrogen-bond donors (Lipinski definition) is 2. The molecule has 0 bridgehead atoms. The first-order valence-electron chi connectivity index (χ1n) is 4.73. The van der Waals surface area contributed by atoms with E-state index in [0.29, 0.717) is 12.8 Å². The third kappa shape index (κ3) is 2.05. The van der Waals surface area contributed by atoms with E-state index in [2.05, 4.69) is 0 Å². The number of rotatable bonds is 3. The van der Waals surface area contributed by atoms with Gasteiger partial charge in [0.1, 0.15) is 0 Å². The van der Waals surface area contributed by atoms with E-state index in [0.717, 1.165) is 6.42 Å². The molecule has 4 heteroatoms. The van der Waals surface area contributed by atoms with Crippen molar-refractivity contribution in [1.29, 1.82) is 0 Å². The van der Waals surface area contributed by atoms with Gasteiger partial charge in [-0.1, -0.05) is 13.8 Å². The molecule has 0 heterocycles. The van der Waals surface area contributed by atoms with Gasteiger partial charge in [0.2, 0.25) is 0 Å². The van der Waals surface area contributed by atoms with E-state index in [-0.39, 0.29) is 11.8 Å². The Kier molecular flexibility index (Phi) is 2.56. The molecule has 1 saturated carbocycles. The zero-order chi connectivity index (χ0) is 11.0. The molecule has 0 aromatic carbocycles. The minimum atomic E-state index is -1.03. The molecule has 0 saturated heterocycles. The summed E-state index contributed by atoms with van der Waals surface area (Å²) in [5.41, 5.74) is -1.08. The zero-order valence-corrected chi connectivity index (χ0v) is 8.54. The zero-order valence-electron chi connectivity index (χ0n) is 8.54. The number of carboxylic acid groups (broad SMARTS) is 2. The summed E-state index contributed by atoms with van der Waals surface area (Å²) in [6.45, 7) is 3.97. The van der Waals surface area contributed by atoms with Gasteiger partial charge in [-0.25, -0.2) is 0 Å². The molecule has 0 aromatic heterocycles. The fourth-order valence-corrected chi connectivity index (χ4v) is 2.37. The maximum atomic E-state index is 11.1. The van der Waals surface area contributed by atoms with Gasteiger partial charge in [-0.2, -0.15) is 0 Å². The minimum absolute atomic E-state index is 0.0478. The summed E-state index contributed by atoms with van der Waals surface area (Å²) in [4.78, 5) is 21.7. The maximum absolute atomic E-state index is 11.1. The first-order chi connectivity index (χ1) is 6.27. The summed E-state index contributed by atoms with van der Waals surface area (Å²) in [7, 11) is 0. The van der Waals surface area contributed by atoms with Crippen molar-refractivity contribution >= 4 is 11.9 Å². The van der Waals surface area contributed by atoms with Crippen LogP contribution in [0.1, 0.15) is 39.5 Å². The Hall–Kier alpha value is -1.06. The van der Waals surface area contributed by atoms with Crippen molar-refractivity contribution in [3.63, 3.8) is 0 Å². The topological polar surface area (TPSA) is 74.6 Å². The average molecular weight is 200 g/mol. The van der Waals surface area contributed by atoms with Gasteiger partial charge in [0.25, 0.3) is 0 Å². The maximum Gasteiger partial charge on any atom is 0.310 e. The van der Waals surface area contributed by atoms with Crippen LogP contribution in [0.5, 0.6) is 0 Å². The van der Waals surface area contributed by atoms with E-state index in [1.165, 1.54) is 0 Å². The third-order valence-corrected chi connectivity index (χ3v) is 3.04. The Morgan fingerprint density at radius 3 is 2.07 bits per heavy atom. The van der Waals surface area contributed by atoms with Crippen LogP contribution in [0.3, 0.4) is 0 Å². The second kappa shape index (κ2) is 3.26. The summed E-state index contributed by atoms with van der Waals surface area (Å²) in [6, 6.07) is 0. The number of carbonyl (C=O) groups is 2. The van der Waals surface area contributed by atoms with E-state index in [4.69, 9.17) is 10.2 Å². The molecule has 80 valence electrons. The van der Waals surface area contributed by atoms with Crippen LogP contribution in [-0.2, 0) is 9.59 Å². The summed E-state index contributed by atoms with van der Waals surface area (Å²) in [5.74, 6) is -1.99. The van der Waals surface area contributed by atoms with E-state index in [9.17, 15) is 9.59 Å². The van der Waals surface area contributed by atoms with E-state index in [1.54, 1.807) is 0 Å². The Bertz CT molecular complexity index is 269. The van der Waals surface area contributed by atoms with Crippen molar-refractivity contribution in [2.24, 2.45) is 10.8 Å². The Morgan fingerprint density at radius 1 is 1.21 bits per heavy atom. The monoisotopic (exact) mass is 200 g/mol. The fraction of sp³-hybridized carbons (Fsp3) is 0.800.